The fraction of sp³-hybridized carbons (Fsp3) is 0.417. The van der Waals surface area contributed by atoms with Crippen molar-refractivity contribution in [3.8, 4) is 0 Å². The quantitative estimate of drug-likeness (QED) is 0.719. The number of hydrogen-bond donors (Lipinski definition) is 0. The minimum absolute atomic E-state index is 0.0123. The number of carbonyl (C=O) groups is 1. The molecule has 16 heavy (non-hydrogen) atoms. The van der Waals surface area contributed by atoms with Gasteiger partial charge in [-0.1, -0.05) is 17.7 Å². The number of rotatable bonds is 6. The fourth-order valence-electron chi connectivity index (χ4n) is 1.38. The average molecular weight is 245 g/mol. The van der Waals surface area contributed by atoms with E-state index in [1.165, 1.54) is 6.07 Å². The topological polar surface area (TPSA) is 26.3 Å². The van der Waals surface area contributed by atoms with E-state index in [0.717, 1.165) is 0 Å². The van der Waals surface area contributed by atoms with Crippen LogP contribution in [-0.4, -0.2) is 19.5 Å². The first-order valence-electron chi connectivity index (χ1n) is 5.08. The number of ether oxygens (including phenoxy) is 1. The molecule has 1 rings (SSSR count). The van der Waals surface area contributed by atoms with E-state index < -0.39 is 5.82 Å². The second-order valence-corrected chi connectivity index (χ2v) is 3.98. The monoisotopic (exact) mass is 244 g/mol. The maximum atomic E-state index is 13.3. The molecular weight excluding hydrogens is 231 g/mol. The third-order valence-corrected chi connectivity index (χ3v) is 2.44. The summed E-state index contributed by atoms with van der Waals surface area (Å²) in [5.74, 6) is -0.411. The van der Waals surface area contributed by atoms with Crippen LogP contribution in [0, 0.1) is 5.82 Å². The highest BCUT2D eigenvalue weighted by Gasteiger charge is 2.08. The Morgan fingerprint density at radius 1 is 1.50 bits per heavy atom. The molecule has 0 aliphatic rings. The molecule has 0 aromatic heterocycles. The van der Waals surface area contributed by atoms with Crippen molar-refractivity contribution in [2.45, 2.75) is 19.3 Å². The van der Waals surface area contributed by atoms with E-state index in [9.17, 15) is 9.18 Å². The normalized spacial score (nSPS) is 10.4. The zero-order valence-corrected chi connectivity index (χ0v) is 9.89. The van der Waals surface area contributed by atoms with E-state index in [1.54, 1.807) is 19.2 Å². The number of Topliss-reactive ketones (excluding diaryl/α,β-unsaturated/α-hetero) is 1. The van der Waals surface area contributed by atoms with Crippen LogP contribution in [0.5, 0.6) is 0 Å². The summed E-state index contributed by atoms with van der Waals surface area (Å²) in [4.78, 5) is 11.5. The molecule has 0 atom stereocenters. The van der Waals surface area contributed by atoms with Gasteiger partial charge < -0.3 is 4.74 Å². The molecule has 4 heteroatoms. The van der Waals surface area contributed by atoms with Gasteiger partial charge in [-0.15, -0.1) is 0 Å². The minimum atomic E-state index is -0.424. The van der Waals surface area contributed by atoms with Gasteiger partial charge >= 0.3 is 0 Å². The zero-order chi connectivity index (χ0) is 12.0. The third-order valence-electron chi connectivity index (χ3n) is 2.21. The van der Waals surface area contributed by atoms with E-state index in [2.05, 4.69) is 0 Å². The van der Waals surface area contributed by atoms with Crippen LogP contribution in [0.15, 0.2) is 18.2 Å². The smallest absolute Gasteiger partial charge is 0.137 e. The lowest BCUT2D eigenvalue weighted by Gasteiger charge is -2.03. The van der Waals surface area contributed by atoms with E-state index in [1.807, 2.05) is 0 Å². The maximum absolute atomic E-state index is 13.3. The molecule has 0 spiro atoms. The molecule has 88 valence electrons. The molecule has 0 saturated heterocycles. The van der Waals surface area contributed by atoms with Gasteiger partial charge in [-0.3, -0.25) is 4.79 Å². The van der Waals surface area contributed by atoms with Crippen molar-refractivity contribution >= 4 is 17.4 Å². The highest BCUT2D eigenvalue weighted by atomic mass is 35.5. The summed E-state index contributed by atoms with van der Waals surface area (Å²) in [6, 6.07) is 4.35. The average Bonchev–Trinajstić information content (AvgIpc) is 2.23. The second kappa shape index (κ2) is 6.61. The number of carbonyl (C=O) groups excluding carboxylic acids is 1. The molecule has 2 nitrogen and oxygen atoms in total. The predicted molar refractivity (Wildman–Crippen MR) is 61.2 cm³/mol. The van der Waals surface area contributed by atoms with Gasteiger partial charge in [-0.05, 0) is 24.1 Å². The molecular formula is C12H14ClFO2. The van der Waals surface area contributed by atoms with Gasteiger partial charge in [0.2, 0.25) is 0 Å². The lowest BCUT2D eigenvalue weighted by molar-refractivity contribution is -0.118. The zero-order valence-electron chi connectivity index (χ0n) is 9.13. The predicted octanol–water partition coefficient (Wildman–Crippen LogP) is 3.02. The molecule has 0 saturated carbocycles. The molecule has 0 aliphatic carbocycles. The molecule has 0 aliphatic heterocycles. The molecule has 0 amide bonds. The van der Waals surface area contributed by atoms with Crippen molar-refractivity contribution in [3.05, 3.63) is 34.6 Å². The third kappa shape index (κ3) is 4.29. The first-order chi connectivity index (χ1) is 7.63. The van der Waals surface area contributed by atoms with Crippen molar-refractivity contribution in [3.63, 3.8) is 0 Å². The summed E-state index contributed by atoms with van der Waals surface area (Å²) < 4.78 is 18.2. The molecule has 0 radical (unpaired) electrons. The Bertz CT molecular complexity index is 366. The summed E-state index contributed by atoms with van der Waals surface area (Å²) >= 11 is 5.61. The Kier molecular flexibility index (Phi) is 5.43. The van der Waals surface area contributed by atoms with Crippen molar-refractivity contribution in [2.75, 3.05) is 13.7 Å². The van der Waals surface area contributed by atoms with Crippen molar-refractivity contribution < 1.29 is 13.9 Å². The lowest BCUT2D eigenvalue weighted by Crippen LogP contribution is -2.05. The molecule has 0 fully saturated rings. The van der Waals surface area contributed by atoms with Crippen molar-refractivity contribution in [2.24, 2.45) is 0 Å². The van der Waals surface area contributed by atoms with Crippen LogP contribution in [-0.2, 0) is 16.0 Å². The van der Waals surface area contributed by atoms with Crippen LogP contribution in [0.2, 0.25) is 5.02 Å². The second-order valence-electron chi connectivity index (χ2n) is 3.55. The highest BCUT2D eigenvalue weighted by Crippen LogP contribution is 2.15. The van der Waals surface area contributed by atoms with Gasteiger partial charge in [-0.25, -0.2) is 4.39 Å². The first-order valence-corrected chi connectivity index (χ1v) is 5.46. The van der Waals surface area contributed by atoms with Gasteiger partial charge in [0.05, 0.1) is 0 Å². The molecule has 0 heterocycles. The molecule has 0 unspecified atom stereocenters. The van der Waals surface area contributed by atoms with Crippen LogP contribution < -0.4 is 0 Å². The molecule has 0 N–H and O–H groups in total. The van der Waals surface area contributed by atoms with Gasteiger partial charge in [0.15, 0.2) is 0 Å². The van der Waals surface area contributed by atoms with Crippen LogP contribution in [0.1, 0.15) is 18.4 Å². The van der Waals surface area contributed by atoms with Gasteiger partial charge in [0, 0.05) is 31.6 Å². The Balaban J connectivity index is 2.49. The van der Waals surface area contributed by atoms with E-state index in [-0.39, 0.29) is 12.2 Å². The van der Waals surface area contributed by atoms with Gasteiger partial charge in [-0.2, -0.15) is 0 Å². The van der Waals surface area contributed by atoms with Crippen LogP contribution in [0.4, 0.5) is 4.39 Å². The summed E-state index contributed by atoms with van der Waals surface area (Å²) in [5.41, 5.74) is 0.395. The lowest BCUT2D eigenvalue weighted by atomic mass is 10.1. The number of methoxy groups -OCH3 is 1. The summed E-state index contributed by atoms with van der Waals surface area (Å²) in [5, 5.41) is 0.341. The molecule has 1 aromatic rings. The number of benzene rings is 1. The van der Waals surface area contributed by atoms with E-state index in [0.29, 0.717) is 30.0 Å². The first kappa shape index (κ1) is 13.1. The highest BCUT2D eigenvalue weighted by molar-refractivity contribution is 6.30. The van der Waals surface area contributed by atoms with E-state index >= 15 is 0 Å². The number of hydrogen-bond acceptors (Lipinski definition) is 2. The summed E-state index contributed by atoms with van der Waals surface area (Å²) in [7, 11) is 1.59. The van der Waals surface area contributed by atoms with Crippen LogP contribution >= 0.6 is 11.6 Å². The van der Waals surface area contributed by atoms with E-state index in [4.69, 9.17) is 16.3 Å². The minimum Gasteiger partial charge on any atom is -0.385 e. The summed E-state index contributed by atoms with van der Waals surface area (Å²) in [6.07, 6.45) is 1.20. The Morgan fingerprint density at radius 3 is 2.88 bits per heavy atom. The van der Waals surface area contributed by atoms with Crippen LogP contribution in [0.25, 0.3) is 0 Å². The Hall–Kier alpha value is -0.930. The Morgan fingerprint density at radius 2 is 2.25 bits per heavy atom. The van der Waals surface area contributed by atoms with Gasteiger partial charge in [0.1, 0.15) is 11.6 Å². The number of halogens is 2. The van der Waals surface area contributed by atoms with Crippen molar-refractivity contribution in [1.29, 1.82) is 0 Å². The van der Waals surface area contributed by atoms with Crippen LogP contribution in [0.3, 0.4) is 0 Å². The number of ketones is 1. The van der Waals surface area contributed by atoms with Gasteiger partial charge in [0.25, 0.3) is 0 Å². The molecule has 1 aromatic carbocycles. The standard InChI is InChI=1S/C12H14ClFO2/c1-16-6-2-3-11(15)7-9-4-5-10(13)8-12(9)14/h4-5,8H,2-3,6-7H2,1H3. The SMILES string of the molecule is COCCCC(=O)Cc1ccc(Cl)cc1F. The largest absolute Gasteiger partial charge is 0.385 e. The Labute approximate surface area is 99.4 Å². The maximum Gasteiger partial charge on any atom is 0.137 e. The molecule has 0 bridgehead atoms. The summed E-state index contributed by atoms with van der Waals surface area (Å²) in [6.45, 7) is 0.550. The van der Waals surface area contributed by atoms with Crippen molar-refractivity contribution in [1.82, 2.24) is 0 Å². The fourth-order valence-corrected chi connectivity index (χ4v) is 1.54.